The number of carboxylic acid groups (broad SMARTS) is 1. The van der Waals surface area contributed by atoms with Crippen LogP contribution in [0, 0.1) is 13.8 Å². The smallest absolute Gasteiger partial charge is 0.325 e. The minimum absolute atomic E-state index is 0.117. The fourth-order valence-corrected chi connectivity index (χ4v) is 2.16. The van der Waals surface area contributed by atoms with Gasteiger partial charge in [0.1, 0.15) is 6.54 Å². The van der Waals surface area contributed by atoms with E-state index < -0.39 is 5.97 Å². The van der Waals surface area contributed by atoms with E-state index in [2.05, 4.69) is 21.0 Å². The van der Waals surface area contributed by atoms with Gasteiger partial charge in [-0.2, -0.15) is 5.10 Å². The maximum Gasteiger partial charge on any atom is 0.325 e. The van der Waals surface area contributed by atoms with E-state index in [4.69, 9.17) is 5.11 Å². The van der Waals surface area contributed by atoms with Crippen molar-refractivity contribution in [3.05, 3.63) is 40.1 Å². The third-order valence-corrected chi connectivity index (χ3v) is 3.58. The van der Waals surface area contributed by atoms with Crippen LogP contribution in [0.4, 0.5) is 0 Å². The van der Waals surface area contributed by atoms with Crippen molar-refractivity contribution in [3.8, 4) is 11.1 Å². The Morgan fingerprint density at radius 3 is 2.78 bits per heavy atom. The van der Waals surface area contributed by atoms with Gasteiger partial charge in [0.25, 0.3) is 0 Å². The monoisotopic (exact) mass is 308 g/mol. The van der Waals surface area contributed by atoms with E-state index in [-0.39, 0.29) is 6.54 Å². The molecule has 2 aromatic rings. The summed E-state index contributed by atoms with van der Waals surface area (Å²) in [5.74, 6) is -0.894. The van der Waals surface area contributed by atoms with Crippen molar-refractivity contribution in [1.29, 1.82) is 0 Å². The average molecular weight is 309 g/mol. The van der Waals surface area contributed by atoms with Crippen molar-refractivity contribution in [2.75, 3.05) is 0 Å². The summed E-state index contributed by atoms with van der Waals surface area (Å²) in [6.07, 6.45) is 1.76. The molecule has 0 radical (unpaired) electrons. The summed E-state index contributed by atoms with van der Waals surface area (Å²) in [4.78, 5) is 10.7. The van der Waals surface area contributed by atoms with Gasteiger partial charge in [0, 0.05) is 16.2 Å². The second-order valence-electron chi connectivity index (χ2n) is 4.18. The van der Waals surface area contributed by atoms with Crippen molar-refractivity contribution in [1.82, 2.24) is 9.78 Å². The van der Waals surface area contributed by atoms with Crippen LogP contribution in [0.5, 0.6) is 0 Å². The van der Waals surface area contributed by atoms with Crippen molar-refractivity contribution in [3.63, 3.8) is 0 Å². The number of carboxylic acids is 1. The summed E-state index contributed by atoms with van der Waals surface area (Å²) in [7, 11) is 0. The summed E-state index contributed by atoms with van der Waals surface area (Å²) in [5.41, 5.74) is 3.97. The van der Waals surface area contributed by atoms with Gasteiger partial charge >= 0.3 is 5.97 Å². The minimum Gasteiger partial charge on any atom is -0.480 e. The third kappa shape index (κ3) is 2.61. The van der Waals surface area contributed by atoms with Crippen molar-refractivity contribution < 1.29 is 9.90 Å². The molecule has 0 fully saturated rings. The van der Waals surface area contributed by atoms with Gasteiger partial charge in [-0.3, -0.25) is 9.48 Å². The van der Waals surface area contributed by atoms with Gasteiger partial charge in [0.05, 0.1) is 5.69 Å². The number of carbonyl (C=O) groups is 1. The van der Waals surface area contributed by atoms with Gasteiger partial charge in [-0.25, -0.2) is 0 Å². The number of rotatable bonds is 3. The standard InChI is InChI=1S/C13H13BrN2O2/c1-8-3-4-10(5-12(8)14)11-6-16(7-13(17)18)15-9(11)2/h3-6H,7H2,1-2H3,(H,17,18). The number of aromatic nitrogens is 2. The molecule has 0 aliphatic rings. The first-order valence-corrected chi connectivity index (χ1v) is 6.29. The van der Waals surface area contributed by atoms with Crippen molar-refractivity contribution in [2.45, 2.75) is 20.4 Å². The maximum absolute atomic E-state index is 10.7. The highest BCUT2D eigenvalue weighted by Gasteiger charge is 2.10. The van der Waals surface area contributed by atoms with Gasteiger partial charge in [-0.1, -0.05) is 28.1 Å². The second-order valence-corrected chi connectivity index (χ2v) is 5.04. The quantitative estimate of drug-likeness (QED) is 0.948. The number of nitrogens with zero attached hydrogens (tertiary/aromatic N) is 2. The van der Waals surface area contributed by atoms with Gasteiger partial charge in [-0.15, -0.1) is 0 Å². The molecule has 0 spiro atoms. The number of halogens is 1. The summed E-state index contributed by atoms with van der Waals surface area (Å²) < 4.78 is 2.48. The zero-order valence-corrected chi connectivity index (χ0v) is 11.7. The van der Waals surface area contributed by atoms with E-state index in [9.17, 15) is 4.79 Å². The van der Waals surface area contributed by atoms with Crippen LogP contribution in [0.3, 0.4) is 0 Å². The topological polar surface area (TPSA) is 55.1 Å². The molecule has 2 rings (SSSR count). The molecule has 5 heteroatoms. The van der Waals surface area contributed by atoms with Crippen LogP contribution in [-0.2, 0) is 11.3 Å². The summed E-state index contributed by atoms with van der Waals surface area (Å²) in [5, 5.41) is 12.9. The molecular weight excluding hydrogens is 296 g/mol. The van der Waals surface area contributed by atoms with Gasteiger partial charge < -0.3 is 5.11 Å². The number of hydrogen-bond acceptors (Lipinski definition) is 2. The molecule has 0 atom stereocenters. The van der Waals surface area contributed by atoms with E-state index in [1.807, 2.05) is 32.0 Å². The zero-order valence-electron chi connectivity index (χ0n) is 10.1. The summed E-state index contributed by atoms with van der Waals surface area (Å²) in [6, 6.07) is 6.05. The fourth-order valence-electron chi connectivity index (χ4n) is 1.78. The SMILES string of the molecule is Cc1ccc(-c2cn(CC(=O)O)nc2C)cc1Br. The largest absolute Gasteiger partial charge is 0.480 e. The Balaban J connectivity index is 2.41. The maximum atomic E-state index is 10.7. The lowest BCUT2D eigenvalue weighted by Gasteiger charge is -2.02. The Bertz CT molecular complexity index is 605. The summed E-state index contributed by atoms with van der Waals surface area (Å²) in [6.45, 7) is 3.78. The number of benzene rings is 1. The molecule has 0 bridgehead atoms. The molecule has 0 aliphatic carbocycles. The Kier molecular flexibility index (Phi) is 3.52. The molecule has 0 aliphatic heterocycles. The number of aryl methyl sites for hydroxylation is 2. The molecule has 94 valence electrons. The van der Waals surface area contributed by atoms with E-state index in [0.29, 0.717) is 0 Å². The van der Waals surface area contributed by atoms with Gasteiger partial charge in [0.15, 0.2) is 0 Å². The highest BCUT2D eigenvalue weighted by atomic mass is 79.9. The molecule has 0 amide bonds. The van der Waals surface area contributed by atoms with Crippen LogP contribution in [0.25, 0.3) is 11.1 Å². The minimum atomic E-state index is -0.894. The first kappa shape index (κ1) is 12.8. The highest BCUT2D eigenvalue weighted by molar-refractivity contribution is 9.10. The third-order valence-electron chi connectivity index (χ3n) is 2.73. The van der Waals surface area contributed by atoms with E-state index >= 15 is 0 Å². The number of aliphatic carboxylic acids is 1. The normalized spacial score (nSPS) is 10.6. The molecule has 1 heterocycles. The Labute approximate surface area is 113 Å². The van der Waals surface area contributed by atoms with Crippen LogP contribution >= 0.6 is 15.9 Å². The van der Waals surface area contributed by atoms with E-state index in [1.165, 1.54) is 4.68 Å². The van der Waals surface area contributed by atoms with Crippen LogP contribution in [-0.4, -0.2) is 20.9 Å². The van der Waals surface area contributed by atoms with Crippen LogP contribution in [0.15, 0.2) is 28.9 Å². The molecule has 1 aromatic carbocycles. The molecule has 18 heavy (non-hydrogen) atoms. The van der Waals surface area contributed by atoms with Gasteiger partial charge in [0.2, 0.25) is 0 Å². The molecule has 1 aromatic heterocycles. The highest BCUT2D eigenvalue weighted by Crippen LogP contribution is 2.27. The Hall–Kier alpha value is -1.62. The predicted molar refractivity (Wildman–Crippen MR) is 72.5 cm³/mol. The Morgan fingerprint density at radius 1 is 1.44 bits per heavy atom. The first-order chi connectivity index (χ1) is 8.47. The van der Waals surface area contributed by atoms with Gasteiger partial charge in [-0.05, 0) is 31.0 Å². The van der Waals surface area contributed by atoms with Crippen molar-refractivity contribution in [2.24, 2.45) is 0 Å². The molecular formula is C13H13BrN2O2. The summed E-state index contributed by atoms with van der Waals surface area (Å²) >= 11 is 3.49. The first-order valence-electron chi connectivity index (χ1n) is 5.50. The molecule has 0 unspecified atom stereocenters. The molecule has 0 saturated carbocycles. The second kappa shape index (κ2) is 4.94. The lowest BCUT2D eigenvalue weighted by Crippen LogP contribution is -2.08. The zero-order chi connectivity index (χ0) is 13.3. The molecule has 0 saturated heterocycles. The lowest BCUT2D eigenvalue weighted by molar-refractivity contribution is -0.137. The lowest BCUT2D eigenvalue weighted by atomic mass is 10.1. The van der Waals surface area contributed by atoms with Crippen LogP contribution in [0.2, 0.25) is 0 Å². The van der Waals surface area contributed by atoms with Crippen molar-refractivity contribution >= 4 is 21.9 Å². The van der Waals surface area contributed by atoms with Crippen LogP contribution in [0.1, 0.15) is 11.3 Å². The van der Waals surface area contributed by atoms with Crippen LogP contribution < -0.4 is 0 Å². The van der Waals surface area contributed by atoms with E-state index in [1.54, 1.807) is 6.20 Å². The predicted octanol–water partition coefficient (Wildman–Crippen LogP) is 3.01. The Morgan fingerprint density at radius 2 is 2.17 bits per heavy atom. The average Bonchev–Trinajstić information content (AvgIpc) is 2.62. The molecule has 1 N–H and O–H groups in total. The fraction of sp³-hybridized carbons (Fsp3) is 0.231. The number of hydrogen-bond donors (Lipinski definition) is 1. The molecule has 4 nitrogen and oxygen atoms in total. The van der Waals surface area contributed by atoms with E-state index in [0.717, 1.165) is 26.9 Å².